The normalized spacial score (nSPS) is 16.0. The molecule has 1 fully saturated rings. The van der Waals surface area contributed by atoms with Gasteiger partial charge in [-0.15, -0.1) is 0 Å². The van der Waals surface area contributed by atoms with Crippen molar-refractivity contribution in [2.24, 2.45) is 0 Å². The van der Waals surface area contributed by atoms with Gasteiger partial charge < -0.3 is 20.1 Å². The Labute approximate surface area is 189 Å². The summed E-state index contributed by atoms with van der Waals surface area (Å²) in [5.74, 6) is 0.738. The summed E-state index contributed by atoms with van der Waals surface area (Å²) in [7, 11) is 2.16. The van der Waals surface area contributed by atoms with Crippen LogP contribution >= 0.6 is 0 Å². The molecule has 1 atom stereocenters. The molecule has 1 aliphatic rings. The molecule has 2 aromatic heterocycles. The van der Waals surface area contributed by atoms with Crippen LogP contribution in [0.1, 0.15) is 38.3 Å². The van der Waals surface area contributed by atoms with Gasteiger partial charge in [-0.2, -0.15) is 4.98 Å². The molecule has 3 heterocycles. The summed E-state index contributed by atoms with van der Waals surface area (Å²) in [6.45, 7) is 8.45. The number of hydrogen-bond donors (Lipinski definition) is 2. The van der Waals surface area contributed by atoms with Crippen molar-refractivity contribution < 1.29 is 0 Å². The summed E-state index contributed by atoms with van der Waals surface area (Å²) in [5.41, 5.74) is 3.51. The van der Waals surface area contributed by atoms with Crippen LogP contribution in [0.4, 0.5) is 17.3 Å². The fourth-order valence-electron chi connectivity index (χ4n) is 4.09. The largest absolute Gasteiger partial charge is 0.369 e. The number of aromatic nitrogens is 3. The molecule has 0 radical (unpaired) electrons. The highest BCUT2D eigenvalue weighted by Crippen LogP contribution is 2.28. The first-order valence-electron chi connectivity index (χ1n) is 11.4. The maximum atomic E-state index is 11.9. The van der Waals surface area contributed by atoms with Crippen LogP contribution in [-0.4, -0.2) is 53.1 Å². The Bertz CT molecular complexity index is 1130. The Morgan fingerprint density at radius 3 is 2.56 bits per heavy atom. The molecule has 4 rings (SSSR count). The lowest BCUT2D eigenvalue weighted by Gasteiger charge is -2.34. The summed E-state index contributed by atoms with van der Waals surface area (Å²) < 4.78 is 0. The summed E-state index contributed by atoms with van der Waals surface area (Å²) in [6.07, 6.45) is 6.21. The van der Waals surface area contributed by atoms with E-state index in [1.165, 1.54) is 11.8 Å². The van der Waals surface area contributed by atoms with Crippen molar-refractivity contribution in [3.8, 4) is 0 Å². The molecule has 7 heteroatoms. The van der Waals surface area contributed by atoms with Gasteiger partial charge in [-0.1, -0.05) is 19.1 Å². The molecule has 1 aliphatic heterocycles. The van der Waals surface area contributed by atoms with Gasteiger partial charge in [0.05, 0.1) is 5.69 Å². The zero-order valence-corrected chi connectivity index (χ0v) is 19.1. The second kappa shape index (κ2) is 9.96. The standard InChI is InChI=1S/C25H32N6O/c1-4-5-6-7-18(2)23-21-12-13-22(32)27-24(21)29-25(28-23)26-19-8-10-20(11-9-19)31-16-14-30(3)15-17-31/h4-5,8-13,18H,6-7,14-17H2,1-3H3,(H2,26,27,28,29,32). The number of piperazine rings is 1. The van der Waals surface area contributed by atoms with Gasteiger partial charge in [0.2, 0.25) is 11.5 Å². The molecule has 3 aromatic rings. The number of fused-ring (bicyclic) bond motifs is 1. The van der Waals surface area contributed by atoms with Crippen molar-refractivity contribution in [2.75, 3.05) is 43.4 Å². The molecule has 1 aromatic carbocycles. The van der Waals surface area contributed by atoms with Crippen molar-refractivity contribution >= 4 is 28.4 Å². The fraction of sp³-hybridized carbons (Fsp3) is 0.400. The van der Waals surface area contributed by atoms with Gasteiger partial charge in [0.15, 0.2) is 0 Å². The molecule has 32 heavy (non-hydrogen) atoms. The zero-order valence-electron chi connectivity index (χ0n) is 19.1. The molecular weight excluding hydrogens is 400 g/mol. The quantitative estimate of drug-likeness (QED) is 0.543. The Morgan fingerprint density at radius 1 is 1.09 bits per heavy atom. The van der Waals surface area contributed by atoms with Crippen molar-refractivity contribution in [3.63, 3.8) is 0 Å². The Balaban J connectivity index is 1.57. The second-order valence-corrected chi connectivity index (χ2v) is 8.53. The predicted molar refractivity (Wildman–Crippen MR) is 132 cm³/mol. The smallest absolute Gasteiger partial charge is 0.249 e. The first-order valence-corrected chi connectivity index (χ1v) is 11.4. The molecule has 0 spiro atoms. The number of aromatic amines is 1. The Hall–Kier alpha value is -3.19. The lowest BCUT2D eigenvalue weighted by Crippen LogP contribution is -2.44. The van der Waals surface area contributed by atoms with Gasteiger partial charge in [-0.25, -0.2) is 4.98 Å². The van der Waals surface area contributed by atoms with Crippen LogP contribution in [0.2, 0.25) is 0 Å². The number of allylic oxidation sites excluding steroid dienone is 2. The third kappa shape index (κ3) is 5.16. The number of likely N-dealkylation sites (N-methyl/N-ethyl adjacent to an activating group) is 1. The average molecular weight is 433 g/mol. The van der Waals surface area contributed by atoms with Gasteiger partial charge in [0.1, 0.15) is 5.65 Å². The monoisotopic (exact) mass is 432 g/mol. The SMILES string of the molecule is CC=CCCC(C)c1nc(Nc2ccc(N3CCN(C)CC3)cc2)nc2[nH]c(=O)ccc12. The highest BCUT2D eigenvalue weighted by molar-refractivity contribution is 5.79. The Morgan fingerprint density at radius 2 is 1.84 bits per heavy atom. The van der Waals surface area contributed by atoms with E-state index in [4.69, 9.17) is 4.98 Å². The third-order valence-electron chi connectivity index (χ3n) is 6.08. The molecular formula is C25H32N6O. The highest BCUT2D eigenvalue weighted by Gasteiger charge is 2.16. The van der Waals surface area contributed by atoms with Crippen LogP contribution in [0, 0.1) is 0 Å². The van der Waals surface area contributed by atoms with Gasteiger partial charge in [-0.05, 0) is 63.1 Å². The summed E-state index contributed by atoms with van der Waals surface area (Å²) >= 11 is 0. The number of nitrogens with zero attached hydrogens (tertiary/aromatic N) is 4. The van der Waals surface area contributed by atoms with Crippen LogP contribution in [0.25, 0.3) is 11.0 Å². The molecule has 1 saturated heterocycles. The topological polar surface area (TPSA) is 77.2 Å². The van der Waals surface area contributed by atoms with E-state index in [2.05, 4.69) is 75.5 Å². The molecule has 0 bridgehead atoms. The summed E-state index contributed by atoms with van der Waals surface area (Å²) in [4.78, 5) is 28.9. The number of rotatable bonds is 7. The van der Waals surface area contributed by atoms with Crippen LogP contribution in [0.3, 0.4) is 0 Å². The molecule has 1 unspecified atom stereocenters. The number of H-pyrrole nitrogens is 1. The van der Waals surface area contributed by atoms with Crippen LogP contribution in [0.5, 0.6) is 0 Å². The van der Waals surface area contributed by atoms with E-state index >= 15 is 0 Å². The maximum Gasteiger partial charge on any atom is 0.249 e. The van der Waals surface area contributed by atoms with Crippen LogP contribution < -0.4 is 15.8 Å². The van der Waals surface area contributed by atoms with Gasteiger partial charge in [0, 0.05) is 49.0 Å². The fourth-order valence-corrected chi connectivity index (χ4v) is 4.09. The minimum Gasteiger partial charge on any atom is -0.369 e. The third-order valence-corrected chi connectivity index (χ3v) is 6.08. The lowest BCUT2D eigenvalue weighted by molar-refractivity contribution is 0.313. The van der Waals surface area contributed by atoms with E-state index in [0.29, 0.717) is 11.6 Å². The van der Waals surface area contributed by atoms with E-state index in [1.807, 2.05) is 13.0 Å². The van der Waals surface area contributed by atoms with E-state index in [9.17, 15) is 4.79 Å². The van der Waals surface area contributed by atoms with Crippen LogP contribution in [0.15, 0.2) is 53.3 Å². The van der Waals surface area contributed by atoms with E-state index < -0.39 is 0 Å². The molecule has 0 aliphatic carbocycles. The van der Waals surface area contributed by atoms with Gasteiger partial charge >= 0.3 is 0 Å². The van der Waals surface area contributed by atoms with Crippen molar-refractivity contribution in [1.82, 2.24) is 19.9 Å². The number of hydrogen-bond acceptors (Lipinski definition) is 6. The van der Waals surface area contributed by atoms with Gasteiger partial charge in [-0.3, -0.25) is 4.79 Å². The average Bonchev–Trinajstić information content (AvgIpc) is 2.79. The van der Waals surface area contributed by atoms with E-state index in [-0.39, 0.29) is 11.5 Å². The van der Waals surface area contributed by atoms with Crippen molar-refractivity contribution in [2.45, 2.75) is 32.6 Å². The minimum atomic E-state index is -0.161. The van der Waals surface area contributed by atoms with Crippen molar-refractivity contribution in [1.29, 1.82) is 0 Å². The first kappa shape index (κ1) is 22.0. The lowest BCUT2D eigenvalue weighted by atomic mass is 9.98. The predicted octanol–water partition coefficient (Wildman–Crippen LogP) is 4.27. The second-order valence-electron chi connectivity index (χ2n) is 8.53. The van der Waals surface area contributed by atoms with Crippen LogP contribution in [-0.2, 0) is 0 Å². The highest BCUT2D eigenvalue weighted by atomic mass is 16.1. The van der Waals surface area contributed by atoms with E-state index in [0.717, 1.165) is 55.8 Å². The molecule has 2 N–H and O–H groups in total. The minimum absolute atomic E-state index is 0.161. The molecule has 0 amide bonds. The summed E-state index contributed by atoms with van der Waals surface area (Å²) in [6, 6.07) is 11.8. The Kier molecular flexibility index (Phi) is 6.85. The molecule has 0 saturated carbocycles. The van der Waals surface area contributed by atoms with Crippen molar-refractivity contribution in [3.05, 3.63) is 64.6 Å². The first-order chi connectivity index (χ1) is 15.5. The molecule has 168 valence electrons. The summed E-state index contributed by atoms with van der Waals surface area (Å²) in [5, 5.41) is 4.23. The van der Waals surface area contributed by atoms with E-state index in [1.54, 1.807) is 0 Å². The number of benzene rings is 1. The van der Waals surface area contributed by atoms with Gasteiger partial charge in [0.25, 0.3) is 0 Å². The number of nitrogens with one attached hydrogen (secondary N) is 2. The number of pyridine rings is 1. The molecule has 7 nitrogen and oxygen atoms in total. The number of anilines is 3. The zero-order chi connectivity index (χ0) is 22.5. The maximum absolute atomic E-state index is 11.9.